The van der Waals surface area contributed by atoms with E-state index in [0.29, 0.717) is 12.0 Å². The van der Waals surface area contributed by atoms with Gasteiger partial charge in [0, 0.05) is 12.6 Å². The molecule has 0 amide bonds. The Labute approximate surface area is 86.2 Å². The summed E-state index contributed by atoms with van der Waals surface area (Å²) in [5.41, 5.74) is 5.74. The second-order valence-electron chi connectivity index (χ2n) is 4.62. The van der Waals surface area contributed by atoms with Gasteiger partial charge in [0.25, 0.3) is 0 Å². The van der Waals surface area contributed by atoms with Crippen molar-refractivity contribution in [1.82, 2.24) is 5.32 Å². The van der Waals surface area contributed by atoms with Crippen LogP contribution in [-0.4, -0.2) is 18.5 Å². The van der Waals surface area contributed by atoms with Crippen LogP contribution in [0.5, 0.6) is 0 Å². The third-order valence-electron chi connectivity index (χ3n) is 3.22. The van der Waals surface area contributed by atoms with Crippen LogP contribution >= 0.6 is 0 Å². The topological polar surface area (TPSA) is 50.4 Å². The Hall–Kier alpha value is -0.730. The van der Waals surface area contributed by atoms with Gasteiger partial charge in [-0.05, 0) is 25.2 Å². The fourth-order valence-electron chi connectivity index (χ4n) is 2.15. The minimum atomic E-state index is 0.630. The summed E-state index contributed by atoms with van der Waals surface area (Å²) < 4.78 is 0. The molecule has 3 N–H and O–H groups in total. The zero-order chi connectivity index (χ0) is 9.80. The molecule has 80 valence electrons. The van der Waals surface area contributed by atoms with E-state index in [-0.39, 0.29) is 0 Å². The number of nitrogens with one attached hydrogen (secondary N) is 1. The van der Waals surface area contributed by atoms with Crippen molar-refractivity contribution in [3.05, 3.63) is 0 Å². The van der Waals surface area contributed by atoms with Crippen molar-refractivity contribution in [1.29, 1.82) is 0 Å². The highest BCUT2D eigenvalue weighted by Crippen LogP contribution is 2.27. The SMILES string of the molecule is NC(=NCCC1CCCC1)NC1CC1. The van der Waals surface area contributed by atoms with E-state index in [2.05, 4.69) is 10.3 Å². The average Bonchev–Trinajstić information content (AvgIpc) is 2.82. The lowest BCUT2D eigenvalue weighted by Crippen LogP contribution is -2.33. The van der Waals surface area contributed by atoms with Gasteiger partial charge in [-0.1, -0.05) is 25.7 Å². The lowest BCUT2D eigenvalue weighted by atomic mass is 10.0. The van der Waals surface area contributed by atoms with Crippen LogP contribution in [0.25, 0.3) is 0 Å². The molecule has 2 fully saturated rings. The summed E-state index contributed by atoms with van der Waals surface area (Å²) in [6.45, 7) is 0.913. The number of nitrogens with two attached hydrogens (primary N) is 1. The molecule has 0 spiro atoms. The van der Waals surface area contributed by atoms with Crippen LogP contribution in [0.1, 0.15) is 44.9 Å². The Bertz CT molecular complexity index is 203. The van der Waals surface area contributed by atoms with Gasteiger partial charge in [0.05, 0.1) is 0 Å². The Kier molecular flexibility index (Phi) is 3.27. The number of guanidine groups is 1. The summed E-state index contributed by atoms with van der Waals surface area (Å²) in [6, 6.07) is 0.630. The second kappa shape index (κ2) is 4.67. The van der Waals surface area contributed by atoms with E-state index >= 15 is 0 Å². The third kappa shape index (κ3) is 3.20. The predicted molar refractivity (Wildman–Crippen MR) is 59.2 cm³/mol. The molecular weight excluding hydrogens is 174 g/mol. The van der Waals surface area contributed by atoms with E-state index in [9.17, 15) is 0 Å². The predicted octanol–water partition coefficient (Wildman–Crippen LogP) is 1.63. The molecular formula is C11H21N3. The van der Waals surface area contributed by atoms with Crippen molar-refractivity contribution < 1.29 is 0 Å². The highest BCUT2D eigenvalue weighted by molar-refractivity contribution is 5.78. The minimum absolute atomic E-state index is 0.630. The fourth-order valence-corrected chi connectivity index (χ4v) is 2.15. The maximum atomic E-state index is 5.74. The first-order valence-corrected chi connectivity index (χ1v) is 5.91. The molecule has 0 atom stereocenters. The quantitative estimate of drug-likeness (QED) is 0.529. The minimum Gasteiger partial charge on any atom is -0.370 e. The molecule has 0 aromatic rings. The van der Waals surface area contributed by atoms with E-state index < -0.39 is 0 Å². The Morgan fingerprint density at radius 1 is 1.21 bits per heavy atom. The van der Waals surface area contributed by atoms with Gasteiger partial charge in [0.2, 0.25) is 0 Å². The Morgan fingerprint density at radius 3 is 2.57 bits per heavy atom. The first-order chi connectivity index (χ1) is 6.84. The monoisotopic (exact) mass is 195 g/mol. The molecule has 2 rings (SSSR count). The lowest BCUT2D eigenvalue weighted by molar-refractivity contribution is 0.511. The Morgan fingerprint density at radius 2 is 1.93 bits per heavy atom. The molecule has 0 saturated heterocycles. The van der Waals surface area contributed by atoms with Crippen molar-refractivity contribution >= 4 is 5.96 Å². The molecule has 0 unspecified atom stereocenters. The summed E-state index contributed by atoms with van der Waals surface area (Å²) >= 11 is 0. The number of nitrogens with zero attached hydrogens (tertiary/aromatic N) is 1. The van der Waals surface area contributed by atoms with Crippen LogP contribution < -0.4 is 11.1 Å². The van der Waals surface area contributed by atoms with E-state index in [1.807, 2.05) is 0 Å². The zero-order valence-corrected chi connectivity index (χ0v) is 8.84. The molecule has 2 aliphatic carbocycles. The van der Waals surface area contributed by atoms with Gasteiger partial charge in [-0.3, -0.25) is 4.99 Å². The van der Waals surface area contributed by atoms with Crippen LogP contribution in [-0.2, 0) is 0 Å². The smallest absolute Gasteiger partial charge is 0.188 e. The Balaban J connectivity index is 1.59. The lowest BCUT2D eigenvalue weighted by Gasteiger charge is -2.07. The van der Waals surface area contributed by atoms with Crippen LogP contribution in [0.4, 0.5) is 0 Å². The van der Waals surface area contributed by atoms with Crippen molar-refractivity contribution in [2.24, 2.45) is 16.6 Å². The third-order valence-corrected chi connectivity index (χ3v) is 3.22. The summed E-state index contributed by atoms with van der Waals surface area (Å²) in [6.07, 6.45) is 9.41. The van der Waals surface area contributed by atoms with E-state index in [0.717, 1.165) is 12.5 Å². The van der Waals surface area contributed by atoms with E-state index in [1.165, 1.54) is 44.9 Å². The van der Waals surface area contributed by atoms with E-state index in [1.54, 1.807) is 0 Å². The van der Waals surface area contributed by atoms with Gasteiger partial charge in [-0.15, -0.1) is 0 Å². The number of hydrogen-bond donors (Lipinski definition) is 2. The van der Waals surface area contributed by atoms with Crippen molar-refractivity contribution in [2.45, 2.75) is 51.0 Å². The fraction of sp³-hybridized carbons (Fsp3) is 0.909. The number of aliphatic imine (C=N–C) groups is 1. The van der Waals surface area contributed by atoms with Gasteiger partial charge in [0.1, 0.15) is 0 Å². The number of hydrogen-bond acceptors (Lipinski definition) is 1. The molecule has 3 nitrogen and oxygen atoms in total. The van der Waals surface area contributed by atoms with E-state index in [4.69, 9.17) is 5.73 Å². The molecule has 2 saturated carbocycles. The average molecular weight is 195 g/mol. The maximum Gasteiger partial charge on any atom is 0.188 e. The van der Waals surface area contributed by atoms with Gasteiger partial charge in [-0.2, -0.15) is 0 Å². The maximum absolute atomic E-state index is 5.74. The normalized spacial score (nSPS) is 24.1. The zero-order valence-electron chi connectivity index (χ0n) is 8.84. The highest BCUT2D eigenvalue weighted by Gasteiger charge is 2.21. The van der Waals surface area contributed by atoms with Gasteiger partial charge >= 0.3 is 0 Å². The summed E-state index contributed by atoms with van der Waals surface area (Å²) in [4.78, 5) is 4.35. The summed E-state index contributed by atoms with van der Waals surface area (Å²) in [7, 11) is 0. The molecule has 2 aliphatic rings. The molecule has 0 bridgehead atoms. The largest absolute Gasteiger partial charge is 0.370 e. The molecule has 0 heterocycles. The van der Waals surface area contributed by atoms with Crippen LogP contribution in [0.3, 0.4) is 0 Å². The number of rotatable bonds is 4. The van der Waals surface area contributed by atoms with Crippen LogP contribution in [0.15, 0.2) is 4.99 Å². The molecule has 0 aromatic carbocycles. The van der Waals surface area contributed by atoms with Crippen LogP contribution in [0, 0.1) is 5.92 Å². The molecule has 14 heavy (non-hydrogen) atoms. The standard InChI is InChI=1S/C11H21N3/c12-11(14-10-5-6-10)13-8-7-9-3-1-2-4-9/h9-10H,1-8H2,(H3,12,13,14). The molecule has 0 radical (unpaired) electrons. The summed E-state index contributed by atoms with van der Waals surface area (Å²) in [5.74, 6) is 1.58. The summed E-state index contributed by atoms with van der Waals surface area (Å²) in [5, 5.41) is 3.21. The first kappa shape index (κ1) is 9.81. The van der Waals surface area contributed by atoms with Gasteiger partial charge in [-0.25, -0.2) is 0 Å². The van der Waals surface area contributed by atoms with Gasteiger partial charge < -0.3 is 11.1 Å². The first-order valence-electron chi connectivity index (χ1n) is 5.91. The van der Waals surface area contributed by atoms with Crippen molar-refractivity contribution in [3.63, 3.8) is 0 Å². The van der Waals surface area contributed by atoms with Crippen LogP contribution in [0.2, 0.25) is 0 Å². The van der Waals surface area contributed by atoms with Crippen molar-refractivity contribution in [3.8, 4) is 0 Å². The molecule has 0 aliphatic heterocycles. The second-order valence-corrected chi connectivity index (χ2v) is 4.62. The highest BCUT2D eigenvalue weighted by atomic mass is 15.1. The van der Waals surface area contributed by atoms with Crippen molar-refractivity contribution in [2.75, 3.05) is 6.54 Å². The molecule has 0 aromatic heterocycles. The van der Waals surface area contributed by atoms with Gasteiger partial charge in [0.15, 0.2) is 5.96 Å². The molecule has 3 heteroatoms.